The van der Waals surface area contributed by atoms with E-state index < -0.39 is 0 Å². The lowest BCUT2D eigenvalue weighted by molar-refractivity contribution is 0.171. The Hall–Kier alpha value is -1.13. The fourth-order valence-electron chi connectivity index (χ4n) is 1.79. The summed E-state index contributed by atoms with van der Waals surface area (Å²) in [6.07, 6.45) is 1.16. The van der Waals surface area contributed by atoms with Crippen molar-refractivity contribution in [2.24, 2.45) is 0 Å². The second kappa shape index (κ2) is 7.46. The number of rotatable bonds is 7. The number of hydrogen-bond acceptors (Lipinski definition) is 4. The second-order valence-corrected chi connectivity index (χ2v) is 5.57. The molecular weight excluding hydrogens is 258 g/mol. The van der Waals surface area contributed by atoms with E-state index in [0.717, 1.165) is 36.8 Å². The van der Waals surface area contributed by atoms with E-state index in [1.165, 1.54) is 10.5 Å². The van der Waals surface area contributed by atoms with Crippen LogP contribution in [0.1, 0.15) is 13.3 Å². The number of benzene rings is 1. The molecule has 0 radical (unpaired) electrons. The van der Waals surface area contributed by atoms with Crippen LogP contribution in [0.5, 0.6) is 11.5 Å². The molecule has 1 heterocycles. The van der Waals surface area contributed by atoms with Gasteiger partial charge >= 0.3 is 0 Å². The number of hydrogen-bond donors (Lipinski definition) is 1. The first-order valence-electron chi connectivity index (χ1n) is 6.69. The van der Waals surface area contributed by atoms with Crippen LogP contribution >= 0.6 is 11.8 Å². The molecule has 2 rings (SSSR count). The third-order valence-electron chi connectivity index (χ3n) is 2.76. The summed E-state index contributed by atoms with van der Waals surface area (Å²) in [5.74, 6) is 2.63. The molecular formula is C15H21NO2S. The Balaban J connectivity index is 1.81. The molecule has 0 unspecified atom stereocenters. The van der Waals surface area contributed by atoms with Crippen molar-refractivity contribution in [3.05, 3.63) is 30.4 Å². The third kappa shape index (κ3) is 4.48. The van der Waals surface area contributed by atoms with Crippen LogP contribution in [0.15, 0.2) is 35.2 Å². The number of fused-ring (bicyclic) bond motifs is 1. The predicted octanol–water partition coefficient (Wildman–Crippen LogP) is 3.11. The van der Waals surface area contributed by atoms with Crippen LogP contribution < -0.4 is 14.8 Å². The lowest BCUT2D eigenvalue weighted by Crippen LogP contribution is -2.18. The predicted molar refractivity (Wildman–Crippen MR) is 80.5 cm³/mol. The van der Waals surface area contributed by atoms with E-state index in [1.54, 1.807) is 11.8 Å². The van der Waals surface area contributed by atoms with Crippen molar-refractivity contribution in [2.45, 2.75) is 18.2 Å². The zero-order valence-electron chi connectivity index (χ0n) is 11.4. The molecule has 0 saturated carbocycles. The van der Waals surface area contributed by atoms with E-state index in [-0.39, 0.29) is 0 Å². The Morgan fingerprint density at radius 1 is 1.32 bits per heavy atom. The highest BCUT2D eigenvalue weighted by molar-refractivity contribution is 7.99. The lowest BCUT2D eigenvalue weighted by atomic mass is 10.3. The van der Waals surface area contributed by atoms with E-state index in [9.17, 15) is 0 Å². The summed E-state index contributed by atoms with van der Waals surface area (Å²) in [5, 5.41) is 3.36. The van der Waals surface area contributed by atoms with Gasteiger partial charge in [0.15, 0.2) is 11.5 Å². The van der Waals surface area contributed by atoms with Gasteiger partial charge in [0.2, 0.25) is 0 Å². The highest BCUT2D eigenvalue weighted by Crippen LogP contribution is 2.34. The zero-order valence-corrected chi connectivity index (χ0v) is 12.2. The molecule has 0 bridgehead atoms. The van der Waals surface area contributed by atoms with Crippen molar-refractivity contribution in [1.29, 1.82) is 0 Å². The van der Waals surface area contributed by atoms with Crippen LogP contribution in [0.3, 0.4) is 0 Å². The van der Waals surface area contributed by atoms with Crippen LogP contribution in [0, 0.1) is 0 Å². The summed E-state index contributed by atoms with van der Waals surface area (Å²) < 4.78 is 11.1. The van der Waals surface area contributed by atoms with Gasteiger partial charge in [0.1, 0.15) is 13.2 Å². The molecule has 0 atom stereocenters. The molecule has 1 aliphatic rings. The van der Waals surface area contributed by atoms with Gasteiger partial charge in [-0.25, -0.2) is 0 Å². The maximum Gasteiger partial charge on any atom is 0.162 e. The third-order valence-corrected chi connectivity index (χ3v) is 3.90. The molecule has 0 spiro atoms. The number of nitrogens with one attached hydrogen (secondary N) is 1. The highest BCUT2D eigenvalue weighted by atomic mass is 32.2. The molecule has 0 fully saturated rings. The first kappa shape index (κ1) is 14.3. The van der Waals surface area contributed by atoms with Crippen LogP contribution in [0.25, 0.3) is 0 Å². The molecule has 0 amide bonds. The Morgan fingerprint density at radius 3 is 2.89 bits per heavy atom. The maximum atomic E-state index is 5.58. The normalized spacial score (nSPS) is 13.3. The second-order valence-electron chi connectivity index (χ2n) is 4.52. The summed E-state index contributed by atoms with van der Waals surface area (Å²) in [4.78, 5) is 1.20. The Bertz CT molecular complexity index is 434. The summed E-state index contributed by atoms with van der Waals surface area (Å²) >= 11 is 1.78. The molecule has 4 heteroatoms. The van der Waals surface area contributed by atoms with Gasteiger partial charge in [0.25, 0.3) is 0 Å². The standard InChI is InChI=1S/C15H21NO2S/c1-3-6-16-10-12(2)11-19-13-4-5-14-15(9-13)18-8-7-17-14/h4-5,9,16H,2-3,6-8,10-11H2,1H3. The minimum atomic E-state index is 0.634. The van der Waals surface area contributed by atoms with Crippen molar-refractivity contribution in [3.63, 3.8) is 0 Å². The monoisotopic (exact) mass is 279 g/mol. The van der Waals surface area contributed by atoms with Crippen molar-refractivity contribution >= 4 is 11.8 Å². The average molecular weight is 279 g/mol. The van der Waals surface area contributed by atoms with Crippen LogP contribution in [-0.2, 0) is 0 Å². The van der Waals surface area contributed by atoms with Crippen LogP contribution in [-0.4, -0.2) is 32.1 Å². The molecule has 3 nitrogen and oxygen atoms in total. The fourth-order valence-corrected chi connectivity index (χ4v) is 2.62. The van der Waals surface area contributed by atoms with Gasteiger partial charge < -0.3 is 14.8 Å². The fraction of sp³-hybridized carbons (Fsp3) is 0.467. The Labute approximate surface area is 119 Å². The zero-order chi connectivity index (χ0) is 13.5. The van der Waals surface area contributed by atoms with Crippen molar-refractivity contribution in [1.82, 2.24) is 5.32 Å². The first-order chi connectivity index (χ1) is 9.29. The van der Waals surface area contributed by atoms with Gasteiger partial charge in [-0.15, -0.1) is 11.8 Å². The molecule has 0 aromatic heterocycles. The first-order valence-corrected chi connectivity index (χ1v) is 7.68. The van der Waals surface area contributed by atoms with Crippen molar-refractivity contribution in [2.75, 3.05) is 32.1 Å². The maximum absolute atomic E-state index is 5.58. The van der Waals surface area contributed by atoms with Gasteiger partial charge in [-0.2, -0.15) is 0 Å². The minimum absolute atomic E-state index is 0.634. The average Bonchev–Trinajstić information content (AvgIpc) is 2.45. The highest BCUT2D eigenvalue weighted by Gasteiger charge is 2.11. The van der Waals surface area contributed by atoms with E-state index in [4.69, 9.17) is 9.47 Å². The molecule has 1 aromatic rings. The SMILES string of the molecule is C=C(CNCCC)CSc1ccc2c(c1)OCCO2. The number of ether oxygens (including phenoxy) is 2. The van der Waals surface area contributed by atoms with Crippen LogP contribution in [0.4, 0.5) is 0 Å². The Kier molecular flexibility index (Phi) is 5.61. The van der Waals surface area contributed by atoms with Crippen molar-refractivity contribution in [3.8, 4) is 11.5 Å². The van der Waals surface area contributed by atoms with Crippen LogP contribution in [0.2, 0.25) is 0 Å². The van der Waals surface area contributed by atoms with E-state index in [0.29, 0.717) is 13.2 Å². The smallest absolute Gasteiger partial charge is 0.162 e. The van der Waals surface area contributed by atoms with E-state index >= 15 is 0 Å². The number of thioether (sulfide) groups is 1. The minimum Gasteiger partial charge on any atom is -0.486 e. The largest absolute Gasteiger partial charge is 0.486 e. The van der Waals surface area contributed by atoms with Gasteiger partial charge in [0, 0.05) is 17.2 Å². The molecule has 0 saturated heterocycles. The summed E-state index contributed by atoms with van der Waals surface area (Å²) in [7, 11) is 0. The topological polar surface area (TPSA) is 30.5 Å². The molecule has 1 N–H and O–H groups in total. The summed E-state index contributed by atoms with van der Waals surface area (Å²) in [6.45, 7) is 9.47. The van der Waals surface area contributed by atoms with E-state index in [1.807, 2.05) is 12.1 Å². The lowest BCUT2D eigenvalue weighted by Gasteiger charge is -2.18. The quantitative estimate of drug-likeness (QED) is 0.472. The molecule has 1 aromatic carbocycles. The molecule has 1 aliphatic heterocycles. The molecule has 0 aliphatic carbocycles. The van der Waals surface area contributed by atoms with Gasteiger partial charge in [0.05, 0.1) is 0 Å². The van der Waals surface area contributed by atoms with Gasteiger partial charge in [-0.1, -0.05) is 19.1 Å². The molecule has 19 heavy (non-hydrogen) atoms. The van der Waals surface area contributed by atoms with Gasteiger partial charge in [-0.3, -0.25) is 0 Å². The molecule has 104 valence electrons. The van der Waals surface area contributed by atoms with Crippen molar-refractivity contribution < 1.29 is 9.47 Å². The van der Waals surface area contributed by atoms with Gasteiger partial charge in [-0.05, 0) is 31.2 Å². The summed E-state index contributed by atoms with van der Waals surface area (Å²) in [6, 6.07) is 6.10. The van der Waals surface area contributed by atoms with E-state index in [2.05, 4.69) is 24.9 Å². The Morgan fingerprint density at radius 2 is 2.11 bits per heavy atom. The summed E-state index contributed by atoms with van der Waals surface area (Å²) in [5.41, 5.74) is 1.22.